The average molecular weight is 433 g/mol. The summed E-state index contributed by atoms with van der Waals surface area (Å²) in [5.74, 6) is -1.46. The number of ether oxygens (including phenoxy) is 1. The van der Waals surface area contributed by atoms with Gasteiger partial charge in [0.2, 0.25) is 0 Å². The van der Waals surface area contributed by atoms with Crippen molar-refractivity contribution in [2.24, 2.45) is 22.2 Å². The van der Waals surface area contributed by atoms with Crippen LogP contribution in [0.5, 0.6) is 0 Å². The molecule has 0 radical (unpaired) electrons. The van der Waals surface area contributed by atoms with E-state index in [1.54, 1.807) is 19.9 Å². The summed E-state index contributed by atoms with van der Waals surface area (Å²) in [5.41, 5.74) is -3.89. The molecule has 7 atom stereocenters. The number of fused-ring (bicyclic) bond motifs is 3. The first-order chi connectivity index (χ1) is 14.3. The molecule has 0 amide bonds. The lowest BCUT2D eigenvalue weighted by Gasteiger charge is -2.68. The molecule has 2 bridgehead atoms. The number of aliphatic carboxylic acids is 1. The molecule has 4 fully saturated rings. The Hall–Kier alpha value is -1.66. The smallest absolute Gasteiger partial charge is 0.333 e. The lowest BCUT2D eigenvalue weighted by atomic mass is 9.38. The highest BCUT2D eigenvalue weighted by atomic mass is 16.5. The van der Waals surface area contributed by atoms with E-state index in [2.05, 4.69) is 6.58 Å². The Balaban J connectivity index is 1.83. The Kier molecular flexibility index (Phi) is 4.85. The van der Waals surface area contributed by atoms with E-state index in [0.717, 1.165) is 12.8 Å². The number of allylic oxidation sites excluding steroid dienone is 1. The van der Waals surface area contributed by atoms with Gasteiger partial charge in [0, 0.05) is 16.4 Å². The van der Waals surface area contributed by atoms with Crippen LogP contribution in [0.25, 0.3) is 0 Å². The van der Waals surface area contributed by atoms with Crippen molar-refractivity contribution in [1.29, 1.82) is 0 Å². The molecule has 31 heavy (non-hydrogen) atoms. The number of carbonyl (C=O) groups is 2. The summed E-state index contributed by atoms with van der Waals surface area (Å²) in [6, 6.07) is 0. The molecular weight excluding hydrogens is 396 g/mol. The van der Waals surface area contributed by atoms with Crippen molar-refractivity contribution in [3.63, 3.8) is 0 Å². The Morgan fingerprint density at radius 2 is 1.81 bits per heavy atom. The molecule has 0 aromatic rings. The third-order valence-electron chi connectivity index (χ3n) is 9.97. The van der Waals surface area contributed by atoms with Crippen LogP contribution in [-0.4, -0.2) is 44.6 Å². The predicted molar refractivity (Wildman–Crippen MR) is 115 cm³/mol. The third kappa shape index (κ3) is 2.58. The summed E-state index contributed by atoms with van der Waals surface area (Å²) < 4.78 is 5.96. The molecule has 172 valence electrons. The van der Waals surface area contributed by atoms with Crippen LogP contribution in [0, 0.1) is 22.2 Å². The minimum atomic E-state index is -1.25. The van der Waals surface area contributed by atoms with Crippen LogP contribution in [-0.2, 0) is 14.3 Å². The molecule has 6 heteroatoms. The van der Waals surface area contributed by atoms with E-state index in [1.807, 2.05) is 13.8 Å². The van der Waals surface area contributed by atoms with Crippen LogP contribution < -0.4 is 0 Å². The molecule has 4 aliphatic rings. The first-order valence-corrected chi connectivity index (χ1v) is 11.5. The van der Waals surface area contributed by atoms with E-state index in [1.165, 1.54) is 0 Å². The highest BCUT2D eigenvalue weighted by molar-refractivity contribution is 5.88. The van der Waals surface area contributed by atoms with E-state index in [4.69, 9.17) is 4.74 Å². The number of rotatable bonds is 3. The fourth-order valence-electron chi connectivity index (χ4n) is 8.00. The maximum absolute atomic E-state index is 12.7. The zero-order valence-corrected chi connectivity index (χ0v) is 19.2. The number of carbonyl (C=O) groups excluding carboxylic acids is 1. The summed E-state index contributed by atoms with van der Waals surface area (Å²) >= 11 is 0. The van der Waals surface area contributed by atoms with Crippen LogP contribution >= 0.6 is 0 Å². The van der Waals surface area contributed by atoms with Crippen molar-refractivity contribution in [2.45, 2.75) is 96.4 Å². The molecule has 4 saturated carbocycles. The molecule has 1 spiro atoms. The number of aliphatic hydroxyl groups is 2. The van der Waals surface area contributed by atoms with Gasteiger partial charge in [0.15, 0.2) is 0 Å². The summed E-state index contributed by atoms with van der Waals surface area (Å²) in [7, 11) is 0. The molecular formula is C25H36O6. The quantitative estimate of drug-likeness (QED) is 0.356. The van der Waals surface area contributed by atoms with Gasteiger partial charge in [-0.1, -0.05) is 26.0 Å². The van der Waals surface area contributed by atoms with E-state index < -0.39 is 45.5 Å². The van der Waals surface area contributed by atoms with Crippen LogP contribution in [0.3, 0.4) is 0 Å². The maximum atomic E-state index is 12.7. The van der Waals surface area contributed by atoms with Gasteiger partial charge in [-0.2, -0.15) is 0 Å². The van der Waals surface area contributed by atoms with Gasteiger partial charge in [0.25, 0.3) is 0 Å². The van der Waals surface area contributed by atoms with Crippen LogP contribution in [0.15, 0.2) is 23.8 Å². The van der Waals surface area contributed by atoms with Gasteiger partial charge >= 0.3 is 11.9 Å². The largest absolute Gasteiger partial charge is 0.481 e. The topological polar surface area (TPSA) is 104 Å². The Morgan fingerprint density at radius 1 is 1.13 bits per heavy atom. The highest BCUT2D eigenvalue weighted by Gasteiger charge is 2.78. The molecule has 0 aliphatic heterocycles. The van der Waals surface area contributed by atoms with E-state index in [-0.39, 0.29) is 5.92 Å². The zero-order chi connectivity index (χ0) is 23.0. The Morgan fingerprint density at radius 3 is 2.42 bits per heavy atom. The summed E-state index contributed by atoms with van der Waals surface area (Å²) in [6.07, 6.45) is 5.04. The Bertz CT molecular complexity index is 877. The van der Waals surface area contributed by atoms with E-state index in [9.17, 15) is 24.9 Å². The fourth-order valence-corrected chi connectivity index (χ4v) is 8.00. The number of hydrogen-bond acceptors (Lipinski definition) is 5. The second-order valence-electron chi connectivity index (χ2n) is 11.1. The van der Waals surface area contributed by atoms with Gasteiger partial charge in [0.05, 0.1) is 16.6 Å². The number of hydrogen-bond donors (Lipinski definition) is 3. The normalized spacial score (nSPS) is 49.2. The Labute approximate surface area is 184 Å². The van der Waals surface area contributed by atoms with E-state index >= 15 is 0 Å². The van der Waals surface area contributed by atoms with Crippen molar-refractivity contribution in [2.75, 3.05) is 0 Å². The van der Waals surface area contributed by atoms with Crippen LogP contribution in [0.1, 0.15) is 79.1 Å². The molecule has 4 rings (SSSR count). The van der Waals surface area contributed by atoms with Gasteiger partial charge in [-0.3, -0.25) is 4.79 Å². The van der Waals surface area contributed by atoms with Gasteiger partial charge in [-0.05, 0) is 77.2 Å². The van der Waals surface area contributed by atoms with Crippen molar-refractivity contribution in [1.82, 2.24) is 0 Å². The lowest BCUT2D eigenvalue weighted by Crippen LogP contribution is -2.71. The van der Waals surface area contributed by atoms with Crippen molar-refractivity contribution >= 4 is 11.9 Å². The van der Waals surface area contributed by atoms with E-state index in [0.29, 0.717) is 49.7 Å². The SMILES string of the molecule is C=C1C(OC(=O)C(C)=CC)C23CCC4C(C)(C(=O)O)CCCC4(C)C2(O)CCC1(O)C3. The molecule has 4 aliphatic carbocycles. The van der Waals surface area contributed by atoms with Gasteiger partial charge in [-0.25, -0.2) is 4.79 Å². The van der Waals surface area contributed by atoms with Gasteiger partial charge in [0.1, 0.15) is 6.10 Å². The summed E-state index contributed by atoms with van der Waals surface area (Å²) in [5, 5.41) is 34.0. The minimum Gasteiger partial charge on any atom is -0.481 e. The second kappa shape index (κ2) is 6.67. The highest BCUT2D eigenvalue weighted by Crippen LogP contribution is 2.75. The standard InChI is InChI=1S/C25H36O6/c1-6-15(2)19(26)31-18-16(3)24(29)12-13-25(30)22(5)10-7-9-21(4,20(27)28)17(22)8-11-23(18,25)14-24/h6,17-18,29-30H,3,7-14H2,1-2,4-5H3,(H,27,28). The van der Waals surface area contributed by atoms with Crippen LogP contribution in [0.2, 0.25) is 0 Å². The number of esters is 1. The van der Waals surface area contributed by atoms with Gasteiger partial charge < -0.3 is 20.1 Å². The third-order valence-corrected chi connectivity index (χ3v) is 9.97. The molecule has 6 nitrogen and oxygen atoms in total. The number of carboxylic acids is 1. The first kappa shape index (κ1) is 22.5. The minimum absolute atomic E-state index is 0.185. The van der Waals surface area contributed by atoms with Crippen molar-refractivity contribution < 1.29 is 29.6 Å². The molecule has 0 heterocycles. The monoisotopic (exact) mass is 432 g/mol. The summed E-state index contributed by atoms with van der Waals surface area (Å²) in [6.45, 7) is 11.4. The zero-order valence-electron chi connectivity index (χ0n) is 19.2. The maximum Gasteiger partial charge on any atom is 0.333 e. The number of carboxylic acid groups (broad SMARTS) is 1. The predicted octanol–water partition coefficient (Wildman–Crippen LogP) is 3.76. The van der Waals surface area contributed by atoms with Crippen LogP contribution in [0.4, 0.5) is 0 Å². The molecule has 3 N–H and O–H groups in total. The van der Waals surface area contributed by atoms with Crippen molar-refractivity contribution in [3.8, 4) is 0 Å². The fraction of sp³-hybridized carbons (Fsp3) is 0.760. The summed E-state index contributed by atoms with van der Waals surface area (Å²) in [4.78, 5) is 25.0. The molecule has 0 aromatic carbocycles. The average Bonchev–Trinajstić information content (AvgIpc) is 2.88. The first-order valence-electron chi connectivity index (χ1n) is 11.5. The second-order valence-corrected chi connectivity index (χ2v) is 11.1. The van der Waals surface area contributed by atoms with Crippen molar-refractivity contribution in [3.05, 3.63) is 23.8 Å². The molecule has 0 aromatic heterocycles. The molecule has 0 saturated heterocycles. The van der Waals surface area contributed by atoms with Gasteiger partial charge in [-0.15, -0.1) is 0 Å². The molecule has 7 unspecified atom stereocenters. The lowest BCUT2D eigenvalue weighted by molar-refractivity contribution is -0.285.